The van der Waals surface area contributed by atoms with E-state index in [0.717, 1.165) is 6.08 Å². The molecule has 0 radical (unpaired) electrons. The number of hydrogen-bond donors (Lipinski definition) is 1. The molecule has 0 spiro atoms. The molecule has 0 heterocycles. The molecule has 0 saturated heterocycles. The van der Waals surface area contributed by atoms with Crippen LogP contribution in [0.4, 0.5) is 0 Å². The monoisotopic (exact) mass is 234 g/mol. The summed E-state index contributed by atoms with van der Waals surface area (Å²) in [7, 11) is -4.70. The molecule has 70 valence electrons. The number of ether oxygens (including phenoxy) is 1. The van der Waals surface area contributed by atoms with Crippen LogP contribution in [0, 0.1) is 0 Å². The van der Waals surface area contributed by atoms with E-state index in [0.29, 0.717) is 0 Å². The van der Waals surface area contributed by atoms with E-state index in [1.807, 2.05) is 0 Å². The summed E-state index contributed by atoms with van der Waals surface area (Å²) < 4.78 is 18.1. The average molecular weight is 234 g/mol. The van der Waals surface area contributed by atoms with Crippen molar-refractivity contribution in [1.29, 1.82) is 0 Å². The zero-order chi connectivity index (χ0) is 9.61. The van der Waals surface area contributed by atoms with Crippen LogP contribution in [-0.2, 0) is 18.6 Å². The molecule has 0 rings (SSSR count). The number of hydrogen-bond acceptors (Lipinski definition) is 5. The van der Waals surface area contributed by atoms with Crippen LogP contribution in [0.25, 0.3) is 0 Å². The summed E-state index contributed by atoms with van der Waals surface area (Å²) in [4.78, 5) is 28.3. The Morgan fingerprint density at radius 2 is 2.15 bits per heavy atom. The Morgan fingerprint density at radius 1 is 1.62 bits per heavy atom. The molecule has 13 heavy (non-hydrogen) atoms. The van der Waals surface area contributed by atoms with Crippen molar-refractivity contribution < 1.29 is 79.8 Å². The Labute approximate surface area is 118 Å². The molecule has 0 saturated carbocycles. The summed E-state index contributed by atoms with van der Waals surface area (Å²) >= 11 is 0. The first-order valence-electron chi connectivity index (χ1n) is 2.93. The minimum atomic E-state index is -4.70. The van der Waals surface area contributed by atoms with Crippen molar-refractivity contribution in [1.82, 2.24) is 0 Å². The van der Waals surface area contributed by atoms with Gasteiger partial charge in [-0.15, -0.1) is 0 Å². The third kappa shape index (κ3) is 13.0. The molecule has 0 aromatic carbocycles. The number of rotatable bonds is 5. The van der Waals surface area contributed by atoms with Gasteiger partial charge in [0, 0.05) is 6.08 Å². The zero-order valence-electron chi connectivity index (χ0n) is 7.13. The largest absolute Gasteiger partial charge is 1.00 e. The fraction of sp³-hybridized carbons (Fsp3) is 0.400. The van der Waals surface area contributed by atoms with E-state index in [2.05, 4.69) is 15.8 Å². The Bertz CT molecular complexity index is 211. The predicted molar refractivity (Wildman–Crippen MR) is 36.9 cm³/mol. The van der Waals surface area contributed by atoms with E-state index >= 15 is 0 Å². The molecule has 8 heteroatoms. The number of phosphoric ester groups is 1. The van der Waals surface area contributed by atoms with Gasteiger partial charge < -0.3 is 19.0 Å². The number of carbonyl (C=O) groups excluding carboxylic acids is 1. The topological polar surface area (TPSA) is 95.9 Å². The molecule has 0 amide bonds. The average Bonchev–Trinajstić information content (AvgIpc) is 1.96. The normalized spacial score (nSPS) is 13.7. The van der Waals surface area contributed by atoms with E-state index in [1.54, 1.807) is 0 Å². The Kier molecular flexibility index (Phi) is 10.4. The molecule has 0 aromatic rings. The van der Waals surface area contributed by atoms with Gasteiger partial charge in [-0.1, -0.05) is 6.58 Å². The standard InChI is InChI=1S/C5H9O6P.K/c1-2-5(6)10-3-4-11-12(7,8)9;/h2H,1,3-4H2,(H2,7,8,9);/q;+1/p-1. The quantitative estimate of drug-likeness (QED) is 0.172. The molecule has 0 aliphatic carbocycles. The molecule has 6 nitrogen and oxygen atoms in total. The molecule has 0 aliphatic heterocycles. The van der Waals surface area contributed by atoms with E-state index in [1.165, 1.54) is 0 Å². The third-order valence-electron chi connectivity index (χ3n) is 0.749. The van der Waals surface area contributed by atoms with E-state index in [4.69, 9.17) is 4.89 Å². The van der Waals surface area contributed by atoms with Crippen LogP contribution < -0.4 is 56.3 Å². The fourth-order valence-electron chi connectivity index (χ4n) is 0.354. The van der Waals surface area contributed by atoms with Crippen molar-refractivity contribution in [3.63, 3.8) is 0 Å². The molecule has 1 atom stereocenters. The van der Waals surface area contributed by atoms with E-state index in [-0.39, 0.29) is 58.0 Å². The number of carbonyl (C=O) groups is 1. The third-order valence-corrected chi connectivity index (χ3v) is 1.26. The Morgan fingerprint density at radius 3 is 2.54 bits per heavy atom. The second kappa shape index (κ2) is 8.28. The van der Waals surface area contributed by atoms with Crippen molar-refractivity contribution in [2.24, 2.45) is 0 Å². The van der Waals surface area contributed by atoms with Crippen molar-refractivity contribution in [2.45, 2.75) is 0 Å². The Balaban J connectivity index is 0. The molecular weight excluding hydrogens is 226 g/mol. The predicted octanol–water partition coefficient (Wildman–Crippen LogP) is -3.80. The summed E-state index contributed by atoms with van der Waals surface area (Å²) in [5.41, 5.74) is 0. The second-order valence-corrected chi connectivity index (χ2v) is 2.87. The van der Waals surface area contributed by atoms with E-state index < -0.39 is 20.4 Å². The molecule has 0 aromatic heterocycles. The summed E-state index contributed by atoms with van der Waals surface area (Å²) in [6.07, 6.45) is 0.926. The second-order valence-electron chi connectivity index (χ2n) is 1.67. The van der Waals surface area contributed by atoms with Crippen molar-refractivity contribution in [2.75, 3.05) is 13.2 Å². The summed E-state index contributed by atoms with van der Waals surface area (Å²) in [6, 6.07) is 0. The first kappa shape index (κ1) is 16.4. The molecule has 1 unspecified atom stereocenters. The zero-order valence-corrected chi connectivity index (χ0v) is 11.2. The summed E-state index contributed by atoms with van der Waals surface area (Å²) in [5.74, 6) is -0.683. The fourth-order valence-corrected chi connectivity index (χ4v) is 0.659. The van der Waals surface area contributed by atoms with Crippen LogP contribution >= 0.6 is 7.82 Å². The van der Waals surface area contributed by atoms with Crippen LogP contribution in [-0.4, -0.2) is 24.1 Å². The maximum atomic E-state index is 10.3. The minimum Gasteiger partial charge on any atom is -0.756 e. The van der Waals surface area contributed by atoms with Crippen LogP contribution in [0.2, 0.25) is 0 Å². The van der Waals surface area contributed by atoms with Gasteiger partial charge in [0.2, 0.25) is 0 Å². The summed E-state index contributed by atoms with van der Waals surface area (Å²) in [5, 5.41) is 0. The maximum absolute atomic E-state index is 10.3. The van der Waals surface area contributed by atoms with Crippen LogP contribution in [0.3, 0.4) is 0 Å². The molecular formula is C5H8KO6P. The van der Waals surface area contributed by atoms with Gasteiger partial charge in [0.25, 0.3) is 7.82 Å². The summed E-state index contributed by atoms with van der Waals surface area (Å²) in [6.45, 7) is 2.45. The first-order valence-corrected chi connectivity index (χ1v) is 4.43. The molecule has 0 bridgehead atoms. The molecule has 0 fully saturated rings. The number of phosphoric acid groups is 1. The van der Waals surface area contributed by atoms with Gasteiger partial charge in [-0.3, -0.25) is 4.57 Å². The first-order chi connectivity index (χ1) is 5.45. The SMILES string of the molecule is C=CC(=O)OCCOP(=O)([O-])O.[K+]. The smallest absolute Gasteiger partial charge is 0.756 e. The van der Waals surface area contributed by atoms with Gasteiger partial charge in [0.05, 0.1) is 6.61 Å². The minimum absolute atomic E-state index is 0. The van der Waals surface area contributed by atoms with Gasteiger partial charge in [-0.2, -0.15) is 0 Å². The molecule has 1 N–H and O–H groups in total. The van der Waals surface area contributed by atoms with Crippen LogP contribution in [0.5, 0.6) is 0 Å². The maximum Gasteiger partial charge on any atom is 1.00 e. The van der Waals surface area contributed by atoms with E-state index in [9.17, 15) is 14.3 Å². The van der Waals surface area contributed by atoms with Crippen LogP contribution in [0.15, 0.2) is 12.7 Å². The van der Waals surface area contributed by atoms with Crippen molar-refractivity contribution >= 4 is 13.8 Å². The van der Waals surface area contributed by atoms with Gasteiger partial charge >= 0.3 is 57.4 Å². The van der Waals surface area contributed by atoms with Gasteiger partial charge in [0.15, 0.2) is 0 Å². The van der Waals surface area contributed by atoms with Gasteiger partial charge in [0.1, 0.15) is 6.61 Å². The van der Waals surface area contributed by atoms with Crippen LogP contribution in [0.1, 0.15) is 0 Å². The number of esters is 1. The van der Waals surface area contributed by atoms with Crippen molar-refractivity contribution in [3.05, 3.63) is 12.7 Å². The Hall–Kier alpha value is 0.956. The van der Waals surface area contributed by atoms with Crippen molar-refractivity contribution in [3.8, 4) is 0 Å². The van der Waals surface area contributed by atoms with Gasteiger partial charge in [-0.05, 0) is 0 Å². The molecule has 0 aliphatic rings. The van der Waals surface area contributed by atoms with Gasteiger partial charge in [-0.25, -0.2) is 4.79 Å².